The minimum absolute atomic E-state index is 0.614. The number of benzene rings is 2. The van der Waals surface area contributed by atoms with E-state index < -0.39 is 23.3 Å². The van der Waals surface area contributed by atoms with Crippen LogP contribution in [0.5, 0.6) is 0 Å². The van der Waals surface area contributed by atoms with Gasteiger partial charge in [-0.2, -0.15) is 0 Å². The van der Waals surface area contributed by atoms with Crippen LogP contribution in [0.4, 0.5) is 4.79 Å². The molecule has 1 heterocycles. The third-order valence-electron chi connectivity index (χ3n) is 4.52. The molecule has 1 unspecified atom stereocenters. The Labute approximate surface area is 171 Å². The molecular formula is C24H26N2O3. The fraction of sp³-hybridized carbons (Fsp3) is 0.250. The van der Waals surface area contributed by atoms with E-state index in [1.807, 2.05) is 66.7 Å². The van der Waals surface area contributed by atoms with E-state index in [1.54, 1.807) is 39.2 Å². The molecule has 2 N–H and O–H groups in total. The van der Waals surface area contributed by atoms with Crippen molar-refractivity contribution in [3.63, 3.8) is 0 Å². The van der Waals surface area contributed by atoms with Crippen molar-refractivity contribution in [3.8, 4) is 0 Å². The van der Waals surface area contributed by atoms with Crippen LogP contribution in [0.1, 0.15) is 43.5 Å². The van der Waals surface area contributed by atoms with Crippen LogP contribution in [-0.2, 0) is 10.3 Å². The topological polar surface area (TPSA) is 71.5 Å². The first-order chi connectivity index (χ1) is 13.8. The van der Waals surface area contributed by atoms with Gasteiger partial charge in [0, 0.05) is 12.4 Å². The summed E-state index contributed by atoms with van der Waals surface area (Å²) in [5.41, 5.74) is -0.246. The van der Waals surface area contributed by atoms with Crippen molar-refractivity contribution in [1.29, 1.82) is 0 Å². The Hall–Kier alpha value is -3.18. The maximum atomic E-state index is 12.7. The van der Waals surface area contributed by atoms with Gasteiger partial charge < -0.3 is 15.2 Å². The summed E-state index contributed by atoms with van der Waals surface area (Å²) in [5.74, 6) is 0. The number of ether oxygens (including phenoxy) is 1. The van der Waals surface area contributed by atoms with Crippen LogP contribution in [0.3, 0.4) is 0 Å². The fourth-order valence-corrected chi connectivity index (χ4v) is 3.29. The molecule has 150 valence electrons. The van der Waals surface area contributed by atoms with E-state index in [0.29, 0.717) is 16.7 Å². The van der Waals surface area contributed by atoms with E-state index in [4.69, 9.17) is 4.74 Å². The largest absolute Gasteiger partial charge is 0.444 e. The second-order valence-electron chi connectivity index (χ2n) is 7.86. The summed E-state index contributed by atoms with van der Waals surface area (Å²) in [4.78, 5) is 16.9. The quantitative estimate of drug-likeness (QED) is 0.669. The highest BCUT2D eigenvalue weighted by molar-refractivity contribution is 5.69. The second kappa shape index (κ2) is 8.45. The number of alkyl carbamates (subject to hydrolysis) is 1. The van der Waals surface area contributed by atoms with Crippen molar-refractivity contribution >= 4 is 6.09 Å². The average Bonchev–Trinajstić information content (AvgIpc) is 2.72. The summed E-state index contributed by atoms with van der Waals surface area (Å²) in [6.07, 6.45) is 2.67. The third-order valence-corrected chi connectivity index (χ3v) is 4.52. The van der Waals surface area contributed by atoms with Gasteiger partial charge in [-0.25, -0.2) is 4.79 Å². The van der Waals surface area contributed by atoms with Crippen molar-refractivity contribution in [3.05, 3.63) is 102 Å². The zero-order valence-corrected chi connectivity index (χ0v) is 16.9. The predicted molar refractivity (Wildman–Crippen MR) is 112 cm³/mol. The SMILES string of the molecule is CC(C)(C)OC(=O)NC(c1cccnc1)C(O)(c1ccccc1)c1ccccc1. The molecule has 0 spiro atoms. The maximum absolute atomic E-state index is 12.7. The Morgan fingerprint density at radius 2 is 1.48 bits per heavy atom. The first-order valence-corrected chi connectivity index (χ1v) is 9.53. The van der Waals surface area contributed by atoms with Crippen molar-refractivity contribution in [2.45, 2.75) is 38.0 Å². The molecule has 1 atom stereocenters. The number of pyridine rings is 1. The number of hydrogen-bond donors (Lipinski definition) is 2. The molecule has 1 aromatic heterocycles. The highest BCUT2D eigenvalue weighted by Crippen LogP contribution is 2.41. The molecule has 1 amide bonds. The molecule has 0 saturated carbocycles. The lowest BCUT2D eigenvalue weighted by Crippen LogP contribution is -2.46. The van der Waals surface area contributed by atoms with E-state index in [9.17, 15) is 9.90 Å². The smallest absolute Gasteiger partial charge is 0.408 e. The van der Waals surface area contributed by atoms with Crippen LogP contribution in [-0.4, -0.2) is 21.8 Å². The van der Waals surface area contributed by atoms with Gasteiger partial charge >= 0.3 is 6.09 Å². The molecular weight excluding hydrogens is 364 g/mol. The number of nitrogens with one attached hydrogen (secondary N) is 1. The van der Waals surface area contributed by atoms with Gasteiger partial charge in [0.25, 0.3) is 0 Å². The second-order valence-corrected chi connectivity index (χ2v) is 7.86. The molecule has 29 heavy (non-hydrogen) atoms. The van der Waals surface area contributed by atoms with Gasteiger partial charge in [-0.05, 0) is 43.5 Å². The number of hydrogen-bond acceptors (Lipinski definition) is 4. The van der Waals surface area contributed by atoms with E-state index in [-0.39, 0.29) is 0 Å². The highest BCUT2D eigenvalue weighted by Gasteiger charge is 2.43. The zero-order valence-electron chi connectivity index (χ0n) is 16.9. The summed E-state index contributed by atoms with van der Waals surface area (Å²) < 4.78 is 5.48. The zero-order chi connectivity index (χ0) is 20.9. The lowest BCUT2D eigenvalue weighted by Gasteiger charge is -2.38. The van der Waals surface area contributed by atoms with Gasteiger partial charge in [-0.3, -0.25) is 4.98 Å². The van der Waals surface area contributed by atoms with Gasteiger partial charge in [0.1, 0.15) is 11.2 Å². The van der Waals surface area contributed by atoms with Crippen molar-refractivity contribution < 1.29 is 14.6 Å². The Bertz CT molecular complexity index is 883. The Morgan fingerprint density at radius 1 is 0.931 bits per heavy atom. The minimum atomic E-state index is -1.54. The molecule has 5 nitrogen and oxygen atoms in total. The standard InChI is InChI=1S/C24H26N2O3/c1-23(2,3)29-22(27)26-21(18-11-10-16-25-17-18)24(28,19-12-6-4-7-13-19)20-14-8-5-9-15-20/h4-17,21,28H,1-3H3,(H,26,27). The average molecular weight is 390 g/mol. The van der Waals surface area contributed by atoms with E-state index in [0.717, 1.165) is 0 Å². The molecule has 3 aromatic rings. The Kier molecular flexibility index (Phi) is 5.99. The summed E-state index contributed by atoms with van der Waals surface area (Å²) in [6, 6.07) is 21.3. The van der Waals surface area contributed by atoms with Crippen LogP contribution in [0.15, 0.2) is 85.2 Å². The van der Waals surface area contributed by atoms with Gasteiger partial charge in [-0.1, -0.05) is 66.7 Å². The van der Waals surface area contributed by atoms with Crippen LogP contribution < -0.4 is 5.32 Å². The molecule has 3 rings (SSSR count). The number of aliphatic hydroxyl groups is 1. The van der Waals surface area contributed by atoms with E-state index in [2.05, 4.69) is 10.3 Å². The normalized spacial score (nSPS) is 12.8. The summed E-state index contributed by atoms with van der Waals surface area (Å²) in [7, 11) is 0. The fourth-order valence-electron chi connectivity index (χ4n) is 3.29. The van der Waals surface area contributed by atoms with Crippen LogP contribution >= 0.6 is 0 Å². The Balaban J connectivity index is 2.14. The van der Waals surface area contributed by atoms with E-state index in [1.165, 1.54) is 0 Å². The van der Waals surface area contributed by atoms with Crippen LogP contribution in [0, 0.1) is 0 Å². The molecule has 0 bridgehead atoms. The Morgan fingerprint density at radius 3 is 1.93 bits per heavy atom. The van der Waals surface area contributed by atoms with Crippen LogP contribution in [0.2, 0.25) is 0 Å². The first kappa shape index (κ1) is 20.6. The molecule has 0 saturated heterocycles. The third kappa shape index (κ3) is 4.81. The highest BCUT2D eigenvalue weighted by atomic mass is 16.6. The molecule has 2 aromatic carbocycles. The van der Waals surface area contributed by atoms with Gasteiger partial charge in [0.05, 0.1) is 6.04 Å². The number of amides is 1. The van der Waals surface area contributed by atoms with Gasteiger partial charge in [0.15, 0.2) is 0 Å². The van der Waals surface area contributed by atoms with Crippen molar-refractivity contribution in [2.24, 2.45) is 0 Å². The molecule has 0 aliphatic heterocycles. The number of carbonyl (C=O) groups excluding carboxylic acids is 1. The summed E-state index contributed by atoms with van der Waals surface area (Å²) in [5, 5.41) is 15.0. The first-order valence-electron chi connectivity index (χ1n) is 9.53. The lowest BCUT2D eigenvalue weighted by atomic mass is 9.77. The molecule has 0 aliphatic carbocycles. The summed E-state index contributed by atoms with van der Waals surface area (Å²) >= 11 is 0. The summed E-state index contributed by atoms with van der Waals surface area (Å²) in [6.45, 7) is 5.39. The number of rotatable bonds is 5. The van der Waals surface area contributed by atoms with Crippen LogP contribution in [0.25, 0.3) is 0 Å². The monoisotopic (exact) mass is 390 g/mol. The predicted octanol–water partition coefficient (Wildman–Crippen LogP) is 4.58. The molecule has 0 fully saturated rings. The maximum Gasteiger partial charge on any atom is 0.408 e. The number of carbonyl (C=O) groups is 1. The lowest BCUT2D eigenvalue weighted by molar-refractivity contribution is 0.0158. The number of nitrogens with zero attached hydrogens (tertiary/aromatic N) is 1. The van der Waals surface area contributed by atoms with Gasteiger partial charge in [-0.15, -0.1) is 0 Å². The minimum Gasteiger partial charge on any atom is -0.444 e. The van der Waals surface area contributed by atoms with Gasteiger partial charge in [0.2, 0.25) is 0 Å². The molecule has 5 heteroatoms. The molecule has 0 radical (unpaired) electrons. The number of aromatic nitrogens is 1. The van der Waals surface area contributed by atoms with Crippen molar-refractivity contribution in [1.82, 2.24) is 10.3 Å². The molecule has 0 aliphatic rings. The van der Waals surface area contributed by atoms with Crippen molar-refractivity contribution in [2.75, 3.05) is 0 Å². The van der Waals surface area contributed by atoms with E-state index >= 15 is 0 Å².